The Morgan fingerprint density at radius 1 is 1.40 bits per heavy atom. The highest BCUT2D eigenvalue weighted by Crippen LogP contribution is 2.36. The van der Waals surface area contributed by atoms with Gasteiger partial charge in [-0.3, -0.25) is 4.79 Å². The van der Waals surface area contributed by atoms with Crippen LogP contribution in [0.3, 0.4) is 0 Å². The van der Waals surface area contributed by atoms with Crippen LogP contribution in [0.15, 0.2) is 22.7 Å². The van der Waals surface area contributed by atoms with Crippen molar-refractivity contribution in [1.29, 1.82) is 0 Å². The topological polar surface area (TPSA) is 55.1 Å². The molecule has 1 rings (SSSR count). The monoisotopic (exact) mass is 352 g/mol. The van der Waals surface area contributed by atoms with Crippen LogP contribution in [-0.4, -0.2) is 12.5 Å². The van der Waals surface area contributed by atoms with Gasteiger partial charge in [0, 0.05) is 16.7 Å². The molecule has 0 aliphatic heterocycles. The van der Waals surface area contributed by atoms with Crippen molar-refractivity contribution < 1.29 is 18.0 Å². The van der Waals surface area contributed by atoms with Gasteiger partial charge in [0.2, 0.25) is 5.91 Å². The zero-order chi connectivity index (χ0) is 15.5. The van der Waals surface area contributed by atoms with Crippen molar-refractivity contribution in [3.05, 3.63) is 28.2 Å². The van der Waals surface area contributed by atoms with Gasteiger partial charge in [-0.1, -0.05) is 29.8 Å². The quantitative estimate of drug-likeness (QED) is 0.869. The van der Waals surface area contributed by atoms with E-state index in [4.69, 9.17) is 5.73 Å². The van der Waals surface area contributed by atoms with Crippen LogP contribution in [0.25, 0.3) is 0 Å². The highest BCUT2D eigenvalue weighted by molar-refractivity contribution is 9.10. The van der Waals surface area contributed by atoms with Crippen LogP contribution in [-0.2, 0) is 11.0 Å². The summed E-state index contributed by atoms with van der Waals surface area (Å²) in [5, 5.41) is 2.47. The summed E-state index contributed by atoms with van der Waals surface area (Å²) >= 11 is 2.85. The first-order valence-corrected chi connectivity index (χ1v) is 6.83. The normalized spacial score (nSPS) is 13.4. The molecule has 0 aliphatic carbocycles. The highest BCUT2D eigenvalue weighted by atomic mass is 79.9. The number of hydrogen-bond acceptors (Lipinski definition) is 2. The maximum atomic E-state index is 12.8. The predicted molar refractivity (Wildman–Crippen MR) is 75.2 cm³/mol. The van der Waals surface area contributed by atoms with Crippen LogP contribution in [0.5, 0.6) is 0 Å². The van der Waals surface area contributed by atoms with Crippen LogP contribution in [0.1, 0.15) is 19.4 Å². The van der Waals surface area contributed by atoms with E-state index in [2.05, 4.69) is 21.2 Å². The van der Waals surface area contributed by atoms with E-state index in [1.165, 1.54) is 12.1 Å². The van der Waals surface area contributed by atoms with E-state index in [0.29, 0.717) is 0 Å². The van der Waals surface area contributed by atoms with Crippen molar-refractivity contribution >= 4 is 27.5 Å². The van der Waals surface area contributed by atoms with Crippen molar-refractivity contribution in [1.82, 2.24) is 0 Å². The Balaban J connectivity index is 2.97. The Bertz CT molecular complexity index is 489. The standard InChI is InChI=1S/C13H16BrF3N2O/c1-7(2)9(6-18)12(20)19-8-3-4-11(14)10(5-8)13(15,16)17/h3-5,7,9H,6,18H2,1-2H3,(H,19,20). The molecule has 0 saturated carbocycles. The lowest BCUT2D eigenvalue weighted by Crippen LogP contribution is -2.33. The number of amides is 1. The van der Waals surface area contributed by atoms with Crippen molar-refractivity contribution in [2.24, 2.45) is 17.6 Å². The molecule has 7 heteroatoms. The van der Waals surface area contributed by atoms with E-state index in [-0.39, 0.29) is 28.5 Å². The minimum atomic E-state index is -4.48. The molecule has 1 amide bonds. The molecule has 3 N–H and O–H groups in total. The summed E-state index contributed by atoms with van der Waals surface area (Å²) in [4.78, 5) is 11.9. The summed E-state index contributed by atoms with van der Waals surface area (Å²) < 4.78 is 38.2. The van der Waals surface area contributed by atoms with Gasteiger partial charge in [0.1, 0.15) is 0 Å². The van der Waals surface area contributed by atoms with E-state index in [1.54, 1.807) is 0 Å². The minimum Gasteiger partial charge on any atom is -0.330 e. The molecular weight excluding hydrogens is 337 g/mol. The second-order valence-electron chi connectivity index (χ2n) is 4.77. The first-order valence-electron chi connectivity index (χ1n) is 6.04. The molecule has 0 radical (unpaired) electrons. The molecule has 0 bridgehead atoms. The fraction of sp³-hybridized carbons (Fsp3) is 0.462. The van der Waals surface area contributed by atoms with Gasteiger partial charge in [-0.15, -0.1) is 0 Å². The zero-order valence-corrected chi connectivity index (χ0v) is 12.7. The Hall–Kier alpha value is -1.08. The van der Waals surface area contributed by atoms with Crippen LogP contribution < -0.4 is 11.1 Å². The SMILES string of the molecule is CC(C)C(CN)C(=O)Nc1ccc(Br)c(C(F)(F)F)c1. The lowest BCUT2D eigenvalue weighted by Gasteiger charge is -2.19. The predicted octanol–water partition coefficient (Wildman–Crippen LogP) is 3.64. The van der Waals surface area contributed by atoms with Gasteiger partial charge in [-0.25, -0.2) is 0 Å². The number of nitrogens with one attached hydrogen (secondary N) is 1. The van der Waals surface area contributed by atoms with Crippen LogP contribution >= 0.6 is 15.9 Å². The number of carbonyl (C=O) groups is 1. The molecule has 0 aromatic heterocycles. The third-order valence-corrected chi connectivity index (χ3v) is 3.63. The van der Waals surface area contributed by atoms with Gasteiger partial charge in [0.15, 0.2) is 0 Å². The molecule has 1 atom stereocenters. The van der Waals surface area contributed by atoms with Gasteiger partial charge in [-0.2, -0.15) is 13.2 Å². The Labute approximate surface area is 123 Å². The summed E-state index contributed by atoms with van der Waals surface area (Å²) in [5.41, 5.74) is 4.78. The second-order valence-corrected chi connectivity index (χ2v) is 5.62. The molecule has 3 nitrogen and oxygen atoms in total. The Morgan fingerprint density at radius 3 is 2.45 bits per heavy atom. The van der Waals surface area contributed by atoms with E-state index in [1.807, 2.05) is 13.8 Å². The molecule has 112 valence electrons. The number of carbonyl (C=O) groups excluding carboxylic acids is 1. The van der Waals surface area contributed by atoms with Gasteiger partial charge < -0.3 is 11.1 Å². The highest BCUT2D eigenvalue weighted by Gasteiger charge is 2.33. The number of rotatable bonds is 4. The molecule has 20 heavy (non-hydrogen) atoms. The third-order valence-electron chi connectivity index (χ3n) is 2.93. The van der Waals surface area contributed by atoms with E-state index in [9.17, 15) is 18.0 Å². The largest absolute Gasteiger partial charge is 0.417 e. The fourth-order valence-corrected chi connectivity index (χ4v) is 2.21. The number of anilines is 1. The number of nitrogens with two attached hydrogens (primary N) is 1. The number of halogens is 4. The van der Waals surface area contributed by atoms with Crippen molar-refractivity contribution in [3.8, 4) is 0 Å². The smallest absolute Gasteiger partial charge is 0.330 e. The van der Waals surface area contributed by atoms with E-state index < -0.39 is 17.7 Å². The molecule has 0 fully saturated rings. The first-order chi connectivity index (χ1) is 9.16. The average molecular weight is 353 g/mol. The molecule has 1 aromatic carbocycles. The molecule has 0 spiro atoms. The zero-order valence-electron chi connectivity index (χ0n) is 11.1. The Morgan fingerprint density at radius 2 is 2.00 bits per heavy atom. The first kappa shape index (κ1) is 17.0. The maximum absolute atomic E-state index is 12.8. The number of benzene rings is 1. The molecule has 0 heterocycles. The van der Waals surface area contributed by atoms with Crippen molar-refractivity contribution in [3.63, 3.8) is 0 Å². The molecule has 0 aliphatic rings. The second kappa shape index (κ2) is 6.58. The maximum Gasteiger partial charge on any atom is 0.417 e. The molecular formula is C13H16BrF3N2O. The van der Waals surface area contributed by atoms with E-state index in [0.717, 1.165) is 6.07 Å². The minimum absolute atomic E-state index is 0.0116. The van der Waals surface area contributed by atoms with Gasteiger partial charge in [-0.05, 0) is 24.1 Å². The lowest BCUT2D eigenvalue weighted by molar-refractivity contribution is -0.138. The molecule has 1 unspecified atom stereocenters. The lowest BCUT2D eigenvalue weighted by atomic mass is 9.95. The summed E-state index contributed by atoms with van der Waals surface area (Å²) in [6.45, 7) is 3.81. The van der Waals surface area contributed by atoms with E-state index >= 15 is 0 Å². The van der Waals surface area contributed by atoms with Crippen LogP contribution in [0, 0.1) is 11.8 Å². The van der Waals surface area contributed by atoms with Crippen molar-refractivity contribution in [2.45, 2.75) is 20.0 Å². The molecule has 0 saturated heterocycles. The molecule has 1 aromatic rings. The summed E-state index contributed by atoms with van der Waals surface area (Å²) in [5.74, 6) is -0.802. The summed E-state index contributed by atoms with van der Waals surface area (Å²) in [6.07, 6.45) is -4.48. The average Bonchev–Trinajstić information content (AvgIpc) is 2.30. The van der Waals surface area contributed by atoms with Gasteiger partial charge in [0.25, 0.3) is 0 Å². The number of hydrogen-bond donors (Lipinski definition) is 2. The number of alkyl halides is 3. The van der Waals surface area contributed by atoms with Crippen molar-refractivity contribution in [2.75, 3.05) is 11.9 Å². The van der Waals surface area contributed by atoms with Gasteiger partial charge in [0.05, 0.1) is 11.5 Å². The Kier molecular flexibility index (Phi) is 5.59. The summed E-state index contributed by atoms with van der Waals surface area (Å²) in [7, 11) is 0. The van der Waals surface area contributed by atoms with Crippen LogP contribution in [0.4, 0.5) is 18.9 Å². The fourth-order valence-electron chi connectivity index (χ4n) is 1.74. The van der Waals surface area contributed by atoms with Crippen LogP contribution in [0.2, 0.25) is 0 Å². The third kappa shape index (κ3) is 4.21. The van der Waals surface area contributed by atoms with Gasteiger partial charge >= 0.3 is 6.18 Å². The summed E-state index contributed by atoms with van der Waals surface area (Å²) in [6, 6.07) is 3.56.